The van der Waals surface area contributed by atoms with Crippen molar-refractivity contribution in [3.8, 4) is 16.3 Å². The highest BCUT2D eigenvalue weighted by Crippen LogP contribution is 2.27. The van der Waals surface area contributed by atoms with Gasteiger partial charge in [-0.3, -0.25) is 4.79 Å². The summed E-state index contributed by atoms with van der Waals surface area (Å²) in [6.45, 7) is 3.98. The molecule has 33 heavy (non-hydrogen) atoms. The van der Waals surface area contributed by atoms with Crippen molar-refractivity contribution in [3.63, 3.8) is 0 Å². The Morgan fingerprint density at radius 3 is 2.73 bits per heavy atom. The van der Waals surface area contributed by atoms with Crippen LogP contribution in [0.4, 0.5) is 5.82 Å². The van der Waals surface area contributed by atoms with Crippen LogP contribution < -0.4 is 10.1 Å². The average molecular weight is 460 g/mol. The van der Waals surface area contributed by atoms with E-state index in [2.05, 4.69) is 32.4 Å². The Bertz CT molecular complexity index is 1290. The van der Waals surface area contributed by atoms with Crippen molar-refractivity contribution in [1.82, 2.24) is 20.1 Å². The number of likely N-dealkylation sites (tertiary alicyclic amines) is 1. The van der Waals surface area contributed by atoms with Gasteiger partial charge in [0.25, 0.3) is 5.91 Å². The van der Waals surface area contributed by atoms with Gasteiger partial charge in [0.1, 0.15) is 27.7 Å². The number of nitrogens with zero attached hydrogens (tertiary/aromatic N) is 4. The van der Waals surface area contributed by atoms with Gasteiger partial charge in [-0.15, -0.1) is 10.2 Å². The molecule has 0 radical (unpaired) electrons. The third-order valence-electron chi connectivity index (χ3n) is 5.74. The Morgan fingerprint density at radius 2 is 1.97 bits per heavy atom. The molecule has 3 heterocycles. The Labute approximate surface area is 196 Å². The first-order chi connectivity index (χ1) is 16.0. The van der Waals surface area contributed by atoms with Crippen molar-refractivity contribution in [2.24, 2.45) is 0 Å². The Kier molecular flexibility index (Phi) is 6.02. The molecule has 1 N–H and O–H groups in total. The number of amides is 1. The zero-order chi connectivity index (χ0) is 22.8. The van der Waals surface area contributed by atoms with Crippen LogP contribution in [0.25, 0.3) is 21.3 Å². The summed E-state index contributed by atoms with van der Waals surface area (Å²) in [6.07, 6.45) is 4.15. The van der Waals surface area contributed by atoms with Gasteiger partial charge in [0.15, 0.2) is 0 Å². The fourth-order valence-electron chi connectivity index (χ4n) is 4.04. The molecule has 0 saturated carbocycles. The van der Waals surface area contributed by atoms with Crippen LogP contribution in [-0.4, -0.2) is 52.2 Å². The summed E-state index contributed by atoms with van der Waals surface area (Å²) in [5.41, 5.74) is 1.56. The minimum Gasteiger partial charge on any atom is -0.489 e. The second-order valence-electron chi connectivity index (χ2n) is 8.38. The maximum atomic E-state index is 12.8. The lowest BCUT2D eigenvalue weighted by Gasteiger charge is -2.30. The van der Waals surface area contributed by atoms with E-state index in [4.69, 9.17) is 4.74 Å². The zero-order valence-corrected chi connectivity index (χ0v) is 19.4. The number of hydrogen-bond acceptors (Lipinski definition) is 7. The van der Waals surface area contributed by atoms with E-state index in [9.17, 15) is 4.79 Å². The van der Waals surface area contributed by atoms with Gasteiger partial charge < -0.3 is 15.0 Å². The van der Waals surface area contributed by atoms with Crippen molar-refractivity contribution in [2.75, 3.05) is 25.5 Å². The minimum atomic E-state index is -0.207. The summed E-state index contributed by atoms with van der Waals surface area (Å²) in [6, 6.07) is 15.2. The lowest BCUT2D eigenvalue weighted by atomic mass is 10.1. The molecule has 1 atom stereocenters. The molecule has 7 nitrogen and oxygen atoms in total. The molecular formula is C25H25N5O2S. The molecule has 5 rings (SSSR count). The highest BCUT2D eigenvalue weighted by molar-refractivity contribution is 7.14. The number of rotatable bonds is 5. The summed E-state index contributed by atoms with van der Waals surface area (Å²) < 4.78 is 6.08. The van der Waals surface area contributed by atoms with Crippen LogP contribution in [0.5, 0.6) is 5.75 Å². The Hall–Kier alpha value is -3.36. The van der Waals surface area contributed by atoms with Gasteiger partial charge >= 0.3 is 0 Å². The van der Waals surface area contributed by atoms with Gasteiger partial charge in [-0.1, -0.05) is 23.5 Å². The number of anilines is 1. The first kappa shape index (κ1) is 21.5. The predicted molar refractivity (Wildman–Crippen MR) is 131 cm³/mol. The summed E-state index contributed by atoms with van der Waals surface area (Å²) >= 11 is 1.55. The molecule has 1 aliphatic heterocycles. The molecule has 1 saturated heterocycles. The van der Waals surface area contributed by atoms with Crippen LogP contribution in [0.3, 0.4) is 0 Å². The van der Waals surface area contributed by atoms with Crippen molar-refractivity contribution in [3.05, 3.63) is 65.3 Å². The van der Waals surface area contributed by atoms with E-state index >= 15 is 0 Å². The number of aromatic nitrogens is 3. The van der Waals surface area contributed by atoms with Crippen LogP contribution in [0.15, 0.2) is 54.7 Å². The summed E-state index contributed by atoms with van der Waals surface area (Å²) in [4.78, 5) is 19.4. The summed E-state index contributed by atoms with van der Waals surface area (Å²) in [7, 11) is 2.11. The van der Waals surface area contributed by atoms with Crippen LogP contribution in [0.2, 0.25) is 0 Å². The Morgan fingerprint density at radius 1 is 1.12 bits per heavy atom. The molecule has 1 unspecified atom stereocenters. The van der Waals surface area contributed by atoms with Crippen LogP contribution >= 0.6 is 11.3 Å². The van der Waals surface area contributed by atoms with E-state index in [-0.39, 0.29) is 12.0 Å². The average Bonchev–Trinajstić information content (AvgIpc) is 3.25. The fraction of sp³-hybridized carbons (Fsp3) is 0.280. The van der Waals surface area contributed by atoms with E-state index in [0.29, 0.717) is 11.4 Å². The van der Waals surface area contributed by atoms with Gasteiger partial charge in [-0.25, -0.2) is 4.98 Å². The molecule has 2 aromatic carbocycles. The second-order valence-corrected chi connectivity index (χ2v) is 9.56. The number of ether oxygens (including phenoxy) is 1. The summed E-state index contributed by atoms with van der Waals surface area (Å²) in [5.74, 6) is 1.08. The minimum absolute atomic E-state index is 0.194. The van der Waals surface area contributed by atoms with Gasteiger partial charge in [-0.2, -0.15) is 0 Å². The lowest BCUT2D eigenvalue weighted by Crippen LogP contribution is -2.38. The molecule has 2 aromatic heterocycles. The number of carbonyl (C=O) groups is 1. The number of pyridine rings is 1. The number of piperidine rings is 1. The highest BCUT2D eigenvalue weighted by Gasteiger charge is 2.18. The SMILES string of the molecule is Cc1nnc(-c2ccc3cnc(NC(=O)c4ccc(OC5CCCN(C)C5)cc4)cc3c2)s1. The molecule has 0 aliphatic carbocycles. The van der Waals surface area contributed by atoms with Crippen LogP contribution in [0, 0.1) is 6.92 Å². The van der Waals surface area contributed by atoms with Crippen molar-refractivity contribution < 1.29 is 9.53 Å². The molecule has 1 amide bonds. The van der Waals surface area contributed by atoms with Gasteiger partial charge in [0, 0.05) is 29.3 Å². The van der Waals surface area contributed by atoms with Crippen molar-refractivity contribution >= 4 is 33.8 Å². The largest absolute Gasteiger partial charge is 0.489 e. The number of likely N-dealkylation sites (N-methyl/N-ethyl adjacent to an activating group) is 1. The molecule has 1 aliphatic rings. The quantitative estimate of drug-likeness (QED) is 0.462. The molecule has 1 fully saturated rings. The highest BCUT2D eigenvalue weighted by atomic mass is 32.1. The van der Waals surface area contributed by atoms with E-state index in [1.54, 1.807) is 29.7 Å². The topological polar surface area (TPSA) is 80.2 Å². The molecule has 0 bridgehead atoms. The molecular weight excluding hydrogens is 434 g/mol. The molecule has 8 heteroatoms. The number of benzene rings is 2. The Balaban J connectivity index is 1.28. The monoisotopic (exact) mass is 459 g/mol. The van der Waals surface area contributed by atoms with Crippen molar-refractivity contribution in [1.29, 1.82) is 0 Å². The third-order valence-corrected chi connectivity index (χ3v) is 6.62. The number of fused-ring (bicyclic) bond motifs is 1. The molecule has 4 aromatic rings. The number of nitrogens with one attached hydrogen (secondary N) is 1. The van der Waals surface area contributed by atoms with E-state index in [1.807, 2.05) is 43.3 Å². The number of hydrogen-bond donors (Lipinski definition) is 1. The van der Waals surface area contributed by atoms with Gasteiger partial charge in [-0.05, 0) is 75.1 Å². The number of carbonyl (C=O) groups excluding carboxylic acids is 1. The smallest absolute Gasteiger partial charge is 0.256 e. The van der Waals surface area contributed by atoms with Crippen LogP contribution in [-0.2, 0) is 0 Å². The van der Waals surface area contributed by atoms with Gasteiger partial charge in [0.2, 0.25) is 0 Å². The standard InChI is InChI=1S/C25H25N5O2S/c1-16-28-29-25(33-16)18-5-6-19-14-26-23(13-20(19)12-18)27-24(31)17-7-9-21(10-8-17)32-22-4-3-11-30(2)15-22/h5-10,12-14,22H,3-4,11,15H2,1-2H3,(H,26,27,31). The molecule has 168 valence electrons. The van der Waals surface area contributed by atoms with E-state index in [0.717, 1.165) is 58.0 Å². The molecule has 0 spiro atoms. The maximum Gasteiger partial charge on any atom is 0.256 e. The summed E-state index contributed by atoms with van der Waals surface area (Å²) in [5, 5.41) is 15.0. The zero-order valence-electron chi connectivity index (χ0n) is 18.6. The predicted octanol–water partition coefficient (Wildman–Crippen LogP) is 4.79. The lowest BCUT2D eigenvalue weighted by molar-refractivity contribution is 0.102. The maximum absolute atomic E-state index is 12.8. The van der Waals surface area contributed by atoms with E-state index < -0.39 is 0 Å². The van der Waals surface area contributed by atoms with Crippen molar-refractivity contribution in [2.45, 2.75) is 25.9 Å². The first-order valence-corrected chi connectivity index (χ1v) is 11.8. The third kappa shape index (κ3) is 5.02. The van der Waals surface area contributed by atoms with Crippen LogP contribution in [0.1, 0.15) is 28.2 Å². The van der Waals surface area contributed by atoms with E-state index in [1.165, 1.54) is 0 Å². The second kappa shape index (κ2) is 9.25. The fourth-order valence-corrected chi connectivity index (χ4v) is 4.72. The normalized spacial score (nSPS) is 16.6. The first-order valence-electron chi connectivity index (χ1n) is 11.0. The number of aryl methyl sites for hydroxylation is 1. The van der Waals surface area contributed by atoms with Gasteiger partial charge in [0.05, 0.1) is 0 Å².